The van der Waals surface area contributed by atoms with Gasteiger partial charge in [-0.2, -0.15) is 10.1 Å². The van der Waals surface area contributed by atoms with Gasteiger partial charge in [-0.1, -0.05) is 0 Å². The van der Waals surface area contributed by atoms with Gasteiger partial charge in [-0.25, -0.2) is 9.89 Å². The maximum atomic E-state index is 11.8. The number of aromatic nitrogens is 3. The molecule has 0 aliphatic carbocycles. The van der Waals surface area contributed by atoms with Crippen LogP contribution >= 0.6 is 0 Å². The highest BCUT2D eigenvalue weighted by atomic mass is 16.6. The van der Waals surface area contributed by atoms with Gasteiger partial charge in [0.2, 0.25) is 5.95 Å². The monoisotopic (exact) mass is 310 g/mol. The Morgan fingerprint density at radius 3 is 2.68 bits per heavy atom. The predicted octanol–water partition coefficient (Wildman–Crippen LogP) is -0.520. The zero-order chi connectivity index (χ0) is 15.9. The molecule has 0 saturated carbocycles. The van der Waals surface area contributed by atoms with E-state index in [1.807, 2.05) is 0 Å². The fourth-order valence-electron chi connectivity index (χ4n) is 2.10. The highest BCUT2D eigenvalue weighted by molar-refractivity contribution is 6.39. The average molecular weight is 310 g/mol. The number of ether oxygens (including phenoxy) is 1. The molecule has 0 radical (unpaired) electrons. The fraction of sp³-hybridized carbons (Fsp3) is 0.583. The standard InChI is InChI=1S/C12H18N6O4/c1-2-22-12(21)18-5-3-8(4-6-18)15-9(19)10(20)16-11-13-7-14-17-11/h7-8H,2-6H2,1H3,(H,15,19)(H2,13,14,16,17,20). The van der Waals surface area contributed by atoms with E-state index in [-0.39, 0.29) is 18.1 Å². The van der Waals surface area contributed by atoms with Crippen LogP contribution in [0.1, 0.15) is 19.8 Å². The Labute approximate surface area is 126 Å². The third-order valence-electron chi connectivity index (χ3n) is 3.21. The van der Waals surface area contributed by atoms with Crippen molar-refractivity contribution in [1.29, 1.82) is 0 Å². The number of hydrogen-bond donors (Lipinski definition) is 3. The first-order valence-electron chi connectivity index (χ1n) is 6.99. The van der Waals surface area contributed by atoms with Crippen LogP contribution in [-0.2, 0) is 14.3 Å². The Bertz CT molecular complexity index is 524. The van der Waals surface area contributed by atoms with Crippen molar-refractivity contribution in [3.8, 4) is 0 Å². The van der Waals surface area contributed by atoms with E-state index in [4.69, 9.17) is 4.74 Å². The number of anilines is 1. The van der Waals surface area contributed by atoms with Crippen LogP contribution in [0, 0.1) is 0 Å². The molecule has 0 unspecified atom stereocenters. The van der Waals surface area contributed by atoms with Gasteiger partial charge in [-0.05, 0) is 19.8 Å². The number of aromatic amines is 1. The van der Waals surface area contributed by atoms with Crippen LogP contribution in [0.25, 0.3) is 0 Å². The number of carbonyl (C=O) groups excluding carboxylic acids is 3. The summed E-state index contributed by atoms with van der Waals surface area (Å²) in [6, 6.07) is -0.154. The van der Waals surface area contributed by atoms with Gasteiger partial charge in [0.15, 0.2) is 0 Å². The van der Waals surface area contributed by atoms with Crippen LogP contribution in [0.3, 0.4) is 0 Å². The number of piperidine rings is 1. The quantitative estimate of drug-likeness (QED) is 0.644. The summed E-state index contributed by atoms with van der Waals surface area (Å²) < 4.78 is 4.91. The zero-order valence-corrected chi connectivity index (χ0v) is 12.2. The second kappa shape index (κ2) is 7.38. The minimum Gasteiger partial charge on any atom is -0.450 e. The van der Waals surface area contributed by atoms with Crippen molar-refractivity contribution in [2.45, 2.75) is 25.8 Å². The van der Waals surface area contributed by atoms with Gasteiger partial charge < -0.3 is 15.0 Å². The lowest BCUT2D eigenvalue weighted by molar-refractivity contribution is -0.136. The lowest BCUT2D eigenvalue weighted by Gasteiger charge is -2.31. The van der Waals surface area contributed by atoms with Gasteiger partial charge in [0.1, 0.15) is 6.33 Å². The lowest BCUT2D eigenvalue weighted by atomic mass is 10.1. The first-order chi connectivity index (χ1) is 10.6. The Morgan fingerprint density at radius 1 is 1.36 bits per heavy atom. The molecule has 2 heterocycles. The van der Waals surface area contributed by atoms with E-state index in [2.05, 4.69) is 25.8 Å². The van der Waals surface area contributed by atoms with Crippen molar-refractivity contribution in [3.05, 3.63) is 6.33 Å². The van der Waals surface area contributed by atoms with Crippen LogP contribution in [-0.4, -0.2) is 63.7 Å². The van der Waals surface area contributed by atoms with E-state index in [9.17, 15) is 14.4 Å². The smallest absolute Gasteiger partial charge is 0.409 e. The minimum absolute atomic E-state index is 0.109. The number of carbonyl (C=O) groups is 3. The van der Waals surface area contributed by atoms with Gasteiger partial charge >= 0.3 is 17.9 Å². The molecule has 1 aliphatic rings. The van der Waals surface area contributed by atoms with Crippen LogP contribution in [0.4, 0.5) is 10.7 Å². The molecule has 10 heteroatoms. The molecule has 3 N–H and O–H groups in total. The van der Waals surface area contributed by atoms with Crippen LogP contribution < -0.4 is 10.6 Å². The molecule has 22 heavy (non-hydrogen) atoms. The Balaban J connectivity index is 1.74. The Kier molecular flexibility index (Phi) is 5.28. The number of hydrogen-bond acceptors (Lipinski definition) is 6. The van der Waals surface area contributed by atoms with Gasteiger partial charge in [-0.3, -0.25) is 14.9 Å². The molecule has 1 fully saturated rings. The predicted molar refractivity (Wildman–Crippen MR) is 74.8 cm³/mol. The van der Waals surface area contributed by atoms with E-state index < -0.39 is 11.8 Å². The minimum atomic E-state index is -0.815. The third kappa shape index (κ3) is 4.17. The van der Waals surface area contributed by atoms with Gasteiger partial charge in [0.05, 0.1) is 6.61 Å². The van der Waals surface area contributed by atoms with Crippen LogP contribution in [0.15, 0.2) is 6.33 Å². The molecule has 1 aromatic rings. The average Bonchev–Trinajstić information content (AvgIpc) is 3.01. The summed E-state index contributed by atoms with van der Waals surface area (Å²) in [7, 11) is 0. The number of amides is 3. The van der Waals surface area contributed by atoms with Crippen LogP contribution in [0.2, 0.25) is 0 Å². The van der Waals surface area contributed by atoms with Crippen molar-refractivity contribution in [2.24, 2.45) is 0 Å². The number of nitrogens with zero attached hydrogens (tertiary/aromatic N) is 3. The fourth-order valence-corrected chi connectivity index (χ4v) is 2.10. The first-order valence-corrected chi connectivity index (χ1v) is 6.99. The van der Waals surface area contributed by atoms with E-state index >= 15 is 0 Å². The van der Waals surface area contributed by atoms with Crippen molar-refractivity contribution in [3.63, 3.8) is 0 Å². The maximum Gasteiger partial charge on any atom is 0.409 e. The van der Waals surface area contributed by atoms with Crippen LogP contribution in [0.5, 0.6) is 0 Å². The molecule has 0 atom stereocenters. The Hall–Kier alpha value is -2.65. The molecule has 0 bridgehead atoms. The Morgan fingerprint density at radius 2 is 2.09 bits per heavy atom. The maximum absolute atomic E-state index is 11.8. The molecule has 1 aromatic heterocycles. The molecule has 3 amide bonds. The lowest BCUT2D eigenvalue weighted by Crippen LogP contribution is -2.49. The molecule has 1 aliphatic heterocycles. The van der Waals surface area contributed by atoms with Crippen molar-refractivity contribution in [1.82, 2.24) is 25.4 Å². The summed E-state index contributed by atoms with van der Waals surface area (Å²) in [5.74, 6) is -1.45. The van der Waals surface area contributed by atoms with Crippen molar-refractivity contribution in [2.75, 3.05) is 25.0 Å². The molecule has 10 nitrogen and oxygen atoms in total. The van der Waals surface area contributed by atoms with E-state index in [0.717, 1.165) is 0 Å². The first kappa shape index (κ1) is 15.7. The topological polar surface area (TPSA) is 129 Å². The van der Waals surface area contributed by atoms with E-state index in [1.165, 1.54) is 6.33 Å². The second-order valence-corrected chi connectivity index (χ2v) is 4.72. The summed E-state index contributed by atoms with van der Waals surface area (Å²) in [5, 5.41) is 10.9. The zero-order valence-electron chi connectivity index (χ0n) is 12.2. The molecular weight excluding hydrogens is 292 g/mol. The van der Waals surface area contributed by atoms with Crippen molar-refractivity contribution >= 4 is 23.9 Å². The van der Waals surface area contributed by atoms with E-state index in [0.29, 0.717) is 32.5 Å². The molecular formula is C12H18N6O4. The number of likely N-dealkylation sites (tertiary alicyclic amines) is 1. The van der Waals surface area contributed by atoms with Gasteiger partial charge in [-0.15, -0.1) is 0 Å². The molecule has 1 saturated heterocycles. The molecule has 2 rings (SSSR count). The number of H-pyrrole nitrogens is 1. The molecule has 120 valence electrons. The van der Waals surface area contributed by atoms with Gasteiger partial charge in [0, 0.05) is 19.1 Å². The largest absolute Gasteiger partial charge is 0.450 e. The summed E-state index contributed by atoms with van der Waals surface area (Å²) in [6.45, 7) is 3.04. The SMILES string of the molecule is CCOC(=O)N1CCC(NC(=O)C(=O)Nc2ncn[nH]2)CC1. The second-order valence-electron chi connectivity index (χ2n) is 4.72. The summed E-state index contributed by atoms with van der Waals surface area (Å²) in [4.78, 5) is 40.2. The highest BCUT2D eigenvalue weighted by Gasteiger charge is 2.26. The number of nitrogens with one attached hydrogen (secondary N) is 3. The molecule has 0 aromatic carbocycles. The summed E-state index contributed by atoms with van der Waals surface area (Å²) in [5.41, 5.74) is 0. The van der Waals surface area contributed by atoms with Gasteiger partial charge in [0.25, 0.3) is 0 Å². The summed E-state index contributed by atoms with van der Waals surface area (Å²) >= 11 is 0. The highest BCUT2D eigenvalue weighted by Crippen LogP contribution is 2.11. The van der Waals surface area contributed by atoms with E-state index in [1.54, 1.807) is 11.8 Å². The number of rotatable bonds is 3. The third-order valence-corrected chi connectivity index (χ3v) is 3.21. The molecule has 0 spiro atoms. The summed E-state index contributed by atoms with van der Waals surface area (Å²) in [6.07, 6.45) is 2.01. The normalized spacial score (nSPS) is 15.2. The van der Waals surface area contributed by atoms with Crippen molar-refractivity contribution < 1.29 is 19.1 Å².